The molecular formula is C23H28Cl2N8O5S. The number of nitrogens with two attached hydrogens (primary N) is 1. The molecule has 4 atom stereocenters. The van der Waals surface area contributed by atoms with Gasteiger partial charge in [-0.25, -0.2) is 19.7 Å². The van der Waals surface area contributed by atoms with Gasteiger partial charge in [0, 0.05) is 19.6 Å². The van der Waals surface area contributed by atoms with Crippen LogP contribution in [0, 0.1) is 0 Å². The van der Waals surface area contributed by atoms with Gasteiger partial charge < -0.3 is 36.6 Å². The fraction of sp³-hybridized carbons (Fsp3) is 0.435. The van der Waals surface area contributed by atoms with E-state index in [1.54, 1.807) is 19.1 Å². The highest BCUT2D eigenvalue weighted by Gasteiger charge is 2.45. The van der Waals surface area contributed by atoms with Crippen LogP contribution in [-0.2, 0) is 16.0 Å². The number of urea groups is 1. The predicted octanol–water partition coefficient (Wildman–Crippen LogP) is 1.10. The van der Waals surface area contributed by atoms with Crippen molar-refractivity contribution in [3.8, 4) is 0 Å². The first kappa shape index (κ1) is 29.1. The first-order chi connectivity index (χ1) is 18.7. The van der Waals surface area contributed by atoms with Crippen LogP contribution in [0.15, 0.2) is 29.7 Å². The maximum atomic E-state index is 12.6. The van der Waals surface area contributed by atoms with Crippen LogP contribution in [0.2, 0.25) is 10.0 Å². The molecule has 1 saturated heterocycles. The summed E-state index contributed by atoms with van der Waals surface area (Å²) in [6.45, 7) is 2.53. The fourth-order valence-corrected chi connectivity index (χ4v) is 5.16. The average molecular weight is 600 g/mol. The van der Waals surface area contributed by atoms with Crippen molar-refractivity contribution in [3.63, 3.8) is 0 Å². The average Bonchev–Trinajstić information content (AvgIpc) is 3.41. The van der Waals surface area contributed by atoms with Gasteiger partial charge in [-0.15, -0.1) is 0 Å². The van der Waals surface area contributed by atoms with E-state index in [4.69, 9.17) is 33.7 Å². The Kier molecular flexibility index (Phi) is 9.69. The molecule has 3 amide bonds. The molecule has 1 aliphatic rings. The number of amides is 3. The second-order valence-corrected chi connectivity index (χ2v) is 10.4. The summed E-state index contributed by atoms with van der Waals surface area (Å²) < 4.78 is 7.40. The highest BCUT2D eigenvalue weighted by Crippen LogP contribution is 2.36. The molecule has 0 spiro atoms. The molecule has 16 heteroatoms. The number of carbonyl (C=O) groups is 2. The number of halogens is 2. The Bertz CT molecular complexity index is 1350. The van der Waals surface area contributed by atoms with Crippen molar-refractivity contribution < 1.29 is 24.5 Å². The van der Waals surface area contributed by atoms with Gasteiger partial charge in [-0.1, -0.05) is 41.0 Å². The Morgan fingerprint density at radius 2 is 1.95 bits per heavy atom. The van der Waals surface area contributed by atoms with E-state index in [-0.39, 0.29) is 40.3 Å². The number of hydrogen-bond donors (Lipinski definition) is 6. The van der Waals surface area contributed by atoms with Crippen molar-refractivity contribution in [2.75, 3.05) is 31.1 Å². The molecule has 0 bridgehead atoms. The standard InChI is InChI=1S/C23H28Cl2N8O5S/c1-2-27-22(37)29-8-14-17(35)18(36)21(38-14)33-20-16(19(26)30-10-31-20)32-23(33)39-9-15(34)28-6-5-11-3-4-12(24)13(25)7-11/h3-4,7,10,14,17-18,21,35-36H,2,5-6,8-9H2,1H3,(H,28,34)(H2,26,30,31)(H2,27,29,37)/t14-,17-,18-,21-/m1/s1. The van der Waals surface area contributed by atoms with Gasteiger partial charge in [0.2, 0.25) is 5.91 Å². The molecule has 0 aliphatic carbocycles. The van der Waals surface area contributed by atoms with Crippen LogP contribution in [0.5, 0.6) is 0 Å². The van der Waals surface area contributed by atoms with Crippen LogP contribution in [0.3, 0.4) is 0 Å². The van der Waals surface area contributed by atoms with E-state index in [1.807, 2.05) is 6.07 Å². The number of benzene rings is 1. The normalized spacial score (nSPS) is 20.7. The minimum absolute atomic E-state index is 0.00836. The maximum absolute atomic E-state index is 12.6. The SMILES string of the molecule is CCNC(=O)NC[C@H]1O[C@@H](n2c(SCC(=O)NCCc3ccc(Cl)c(Cl)c3)nc3c(N)ncnc32)[C@H](O)[C@@H]1O. The number of aliphatic hydroxyl groups excluding tert-OH is 2. The lowest BCUT2D eigenvalue weighted by atomic mass is 10.1. The third kappa shape index (κ3) is 6.83. The van der Waals surface area contributed by atoms with Gasteiger partial charge >= 0.3 is 6.03 Å². The first-order valence-corrected chi connectivity index (χ1v) is 13.8. The second kappa shape index (κ2) is 13.0. The highest BCUT2D eigenvalue weighted by atomic mass is 35.5. The number of imidazole rings is 1. The van der Waals surface area contributed by atoms with Crippen molar-refractivity contribution in [2.24, 2.45) is 0 Å². The summed E-state index contributed by atoms with van der Waals surface area (Å²) in [5.74, 6) is -0.158. The Hall–Kier alpha value is -2.88. The lowest BCUT2D eigenvalue weighted by Crippen LogP contribution is -2.43. The van der Waals surface area contributed by atoms with E-state index in [0.717, 1.165) is 17.3 Å². The molecule has 2 aromatic heterocycles. The van der Waals surface area contributed by atoms with Gasteiger partial charge in [0.1, 0.15) is 24.6 Å². The Balaban J connectivity index is 1.45. The molecule has 3 aromatic rings. The minimum Gasteiger partial charge on any atom is -0.387 e. The Morgan fingerprint density at radius 3 is 2.69 bits per heavy atom. The summed E-state index contributed by atoms with van der Waals surface area (Å²) in [7, 11) is 0. The van der Waals surface area contributed by atoms with E-state index < -0.39 is 30.6 Å². The highest BCUT2D eigenvalue weighted by molar-refractivity contribution is 7.99. The van der Waals surface area contributed by atoms with E-state index in [2.05, 4.69) is 30.9 Å². The number of aliphatic hydroxyl groups is 2. The fourth-order valence-electron chi connectivity index (χ4n) is 3.99. The number of nitrogens with zero attached hydrogens (tertiary/aromatic N) is 4. The monoisotopic (exact) mass is 598 g/mol. The Morgan fingerprint density at radius 1 is 1.15 bits per heavy atom. The van der Waals surface area contributed by atoms with Crippen LogP contribution in [0.4, 0.5) is 10.6 Å². The van der Waals surface area contributed by atoms with E-state index in [9.17, 15) is 19.8 Å². The quantitative estimate of drug-likeness (QED) is 0.184. The van der Waals surface area contributed by atoms with Crippen molar-refractivity contribution >= 4 is 63.9 Å². The smallest absolute Gasteiger partial charge is 0.314 e. The van der Waals surface area contributed by atoms with Gasteiger partial charge in [0.25, 0.3) is 0 Å². The van der Waals surface area contributed by atoms with Gasteiger partial charge in [0.05, 0.1) is 15.8 Å². The van der Waals surface area contributed by atoms with Gasteiger partial charge in [-0.2, -0.15) is 0 Å². The molecule has 0 unspecified atom stereocenters. The van der Waals surface area contributed by atoms with Crippen LogP contribution >= 0.6 is 35.0 Å². The molecule has 4 rings (SSSR count). The number of anilines is 1. The summed E-state index contributed by atoms with van der Waals surface area (Å²) in [6, 6.07) is 4.86. The molecule has 7 N–H and O–H groups in total. The van der Waals surface area contributed by atoms with Crippen LogP contribution in [-0.4, -0.2) is 85.4 Å². The molecule has 1 fully saturated rings. The third-order valence-electron chi connectivity index (χ3n) is 5.92. The van der Waals surface area contributed by atoms with Gasteiger partial charge in [-0.3, -0.25) is 9.36 Å². The molecule has 1 aliphatic heterocycles. The molecule has 210 valence electrons. The minimum atomic E-state index is -1.38. The molecule has 1 aromatic carbocycles. The van der Waals surface area contributed by atoms with Crippen LogP contribution < -0.4 is 21.7 Å². The topological polar surface area (TPSA) is 190 Å². The number of carbonyl (C=O) groups excluding carboxylic acids is 2. The number of nitrogens with one attached hydrogen (secondary N) is 3. The molecule has 0 radical (unpaired) electrons. The number of aromatic nitrogens is 4. The first-order valence-electron chi connectivity index (χ1n) is 12.0. The third-order valence-corrected chi connectivity index (χ3v) is 7.61. The Labute approximate surface area is 237 Å². The zero-order chi connectivity index (χ0) is 28.1. The van der Waals surface area contributed by atoms with Crippen molar-refractivity contribution in [1.29, 1.82) is 0 Å². The lowest BCUT2D eigenvalue weighted by Gasteiger charge is -2.19. The van der Waals surface area contributed by atoms with Crippen molar-refractivity contribution in [2.45, 2.75) is 43.0 Å². The van der Waals surface area contributed by atoms with Gasteiger partial charge in [-0.05, 0) is 31.0 Å². The molecule has 39 heavy (non-hydrogen) atoms. The largest absolute Gasteiger partial charge is 0.387 e. The van der Waals surface area contributed by atoms with Crippen molar-refractivity contribution in [1.82, 2.24) is 35.5 Å². The summed E-state index contributed by atoms with van der Waals surface area (Å²) >= 11 is 13.1. The molecule has 0 saturated carbocycles. The number of thioether (sulfide) groups is 1. The van der Waals surface area contributed by atoms with E-state index in [1.165, 1.54) is 10.9 Å². The van der Waals surface area contributed by atoms with Crippen molar-refractivity contribution in [3.05, 3.63) is 40.1 Å². The lowest BCUT2D eigenvalue weighted by molar-refractivity contribution is -0.118. The second-order valence-electron chi connectivity index (χ2n) is 8.62. The molecule has 13 nitrogen and oxygen atoms in total. The zero-order valence-corrected chi connectivity index (χ0v) is 23.1. The van der Waals surface area contributed by atoms with Crippen LogP contribution in [0.25, 0.3) is 11.2 Å². The van der Waals surface area contributed by atoms with Gasteiger partial charge in [0.15, 0.2) is 28.4 Å². The number of rotatable bonds is 10. The summed E-state index contributed by atoms with van der Waals surface area (Å²) in [5.41, 5.74) is 7.44. The number of nitrogen functional groups attached to an aromatic ring is 1. The van der Waals surface area contributed by atoms with E-state index >= 15 is 0 Å². The molecular weight excluding hydrogens is 571 g/mol. The molecule has 3 heterocycles. The summed E-state index contributed by atoms with van der Waals surface area (Å²) in [4.78, 5) is 37.0. The van der Waals surface area contributed by atoms with E-state index in [0.29, 0.717) is 29.6 Å². The summed E-state index contributed by atoms with van der Waals surface area (Å²) in [6.07, 6.45) is -2.90. The zero-order valence-electron chi connectivity index (χ0n) is 20.8. The summed E-state index contributed by atoms with van der Waals surface area (Å²) in [5, 5.41) is 30.6. The van der Waals surface area contributed by atoms with Crippen LogP contribution in [0.1, 0.15) is 18.7 Å². The number of fused-ring (bicyclic) bond motifs is 1. The number of ether oxygens (including phenoxy) is 1. The number of hydrogen-bond acceptors (Lipinski definition) is 10. The predicted molar refractivity (Wildman–Crippen MR) is 147 cm³/mol. The maximum Gasteiger partial charge on any atom is 0.314 e.